The van der Waals surface area contributed by atoms with Gasteiger partial charge in [0.25, 0.3) is 0 Å². The first kappa shape index (κ1) is 10.4. The van der Waals surface area contributed by atoms with Gasteiger partial charge in [-0.3, -0.25) is 0 Å². The largest absolute Gasteiger partial charge is 0.464 e. The molecule has 0 saturated carbocycles. The van der Waals surface area contributed by atoms with E-state index in [9.17, 15) is 9.18 Å². The van der Waals surface area contributed by atoms with Gasteiger partial charge in [-0.05, 0) is 20.8 Å². The number of aliphatic hydroxyl groups is 1. The number of halogens is 1. The summed E-state index contributed by atoms with van der Waals surface area (Å²) < 4.78 is 17.1. The van der Waals surface area contributed by atoms with Crippen LogP contribution in [-0.4, -0.2) is 29.5 Å². The van der Waals surface area contributed by atoms with Crippen LogP contribution in [0.15, 0.2) is 0 Å². The topological polar surface area (TPSA) is 46.5 Å². The van der Waals surface area contributed by atoms with Gasteiger partial charge in [-0.1, -0.05) is 0 Å². The molecule has 0 saturated heterocycles. The van der Waals surface area contributed by atoms with Crippen LogP contribution in [0.4, 0.5) is 4.39 Å². The molecule has 0 heterocycles. The zero-order valence-electron chi connectivity index (χ0n) is 6.93. The molecule has 0 aromatic heterocycles. The van der Waals surface area contributed by atoms with Crippen molar-refractivity contribution in [2.45, 2.75) is 32.5 Å². The fourth-order valence-electron chi connectivity index (χ4n) is 0.504. The minimum atomic E-state index is -1.97. The summed E-state index contributed by atoms with van der Waals surface area (Å²) in [4.78, 5) is 10.6. The van der Waals surface area contributed by atoms with Crippen LogP contribution in [-0.2, 0) is 9.53 Å². The van der Waals surface area contributed by atoms with Crippen molar-refractivity contribution in [1.29, 1.82) is 0 Å². The van der Waals surface area contributed by atoms with Gasteiger partial charge in [-0.15, -0.1) is 0 Å². The Kier molecular flexibility index (Phi) is 3.45. The maximum atomic E-state index is 12.8. The third-order valence-electron chi connectivity index (χ3n) is 1.11. The van der Waals surface area contributed by atoms with Crippen molar-refractivity contribution in [2.75, 3.05) is 6.61 Å². The van der Waals surface area contributed by atoms with E-state index >= 15 is 0 Å². The standard InChI is InChI=1S/C7H13FO3/c1-4-11-6(9)5(8)7(2,3)10/h5,10H,4H2,1-3H3/t5-/m0/s1. The van der Waals surface area contributed by atoms with Gasteiger partial charge in [0.15, 0.2) is 0 Å². The normalized spacial score (nSPS) is 14.3. The van der Waals surface area contributed by atoms with E-state index < -0.39 is 17.7 Å². The number of rotatable bonds is 3. The number of ether oxygens (including phenoxy) is 1. The molecule has 0 fully saturated rings. The molecule has 3 nitrogen and oxygen atoms in total. The lowest BCUT2D eigenvalue weighted by Crippen LogP contribution is -2.39. The quantitative estimate of drug-likeness (QED) is 0.623. The maximum Gasteiger partial charge on any atom is 0.343 e. The average Bonchev–Trinajstić information content (AvgIpc) is 1.85. The lowest BCUT2D eigenvalue weighted by atomic mass is 10.0. The molecule has 0 bridgehead atoms. The predicted molar refractivity (Wildman–Crippen MR) is 37.8 cm³/mol. The average molecular weight is 164 g/mol. The second kappa shape index (κ2) is 3.67. The first-order chi connectivity index (χ1) is 4.89. The predicted octanol–water partition coefficient (Wildman–Crippen LogP) is 0.659. The summed E-state index contributed by atoms with van der Waals surface area (Å²) in [5, 5.41) is 9.01. The first-order valence-corrected chi connectivity index (χ1v) is 3.42. The highest BCUT2D eigenvalue weighted by atomic mass is 19.1. The van der Waals surface area contributed by atoms with Crippen LogP contribution in [0.25, 0.3) is 0 Å². The SMILES string of the molecule is CCOC(=O)[C@H](F)C(C)(C)O. The van der Waals surface area contributed by atoms with Crippen molar-refractivity contribution in [3.8, 4) is 0 Å². The molecule has 66 valence electrons. The summed E-state index contributed by atoms with van der Waals surface area (Å²) in [6, 6.07) is 0. The molecule has 0 aliphatic carbocycles. The van der Waals surface area contributed by atoms with E-state index in [1.807, 2.05) is 0 Å². The molecule has 0 aliphatic rings. The second-order valence-corrected chi connectivity index (χ2v) is 2.77. The van der Waals surface area contributed by atoms with Gasteiger partial charge >= 0.3 is 5.97 Å². The Morgan fingerprint density at radius 1 is 1.73 bits per heavy atom. The summed E-state index contributed by atoms with van der Waals surface area (Å²) in [5.41, 5.74) is -1.66. The van der Waals surface area contributed by atoms with E-state index in [-0.39, 0.29) is 6.61 Å². The lowest BCUT2D eigenvalue weighted by Gasteiger charge is -2.20. The zero-order valence-corrected chi connectivity index (χ0v) is 6.93. The third kappa shape index (κ3) is 3.32. The molecular weight excluding hydrogens is 151 g/mol. The van der Waals surface area contributed by atoms with Crippen LogP contribution in [0.3, 0.4) is 0 Å². The Labute approximate surface area is 65.2 Å². The highest BCUT2D eigenvalue weighted by Crippen LogP contribution is 2.13. The smallest absolute Gasteiger partial charge is 0.343 e. The Bertz CT molecular complexity index is 139. The number of hydrogen-bond donors (Lipinski definition) is 1. The molecule has 11 heavy (non-hydrogen) atoms. The first-order valence-electron chi connectivity index (χ1n) is 3.42. The highest BCUT2D eigenvalue weighted by Gasteiger charge is 2.34. The van der Waals surface area contributed by atoms with Gasteiger partial charge in [0.2, 0.25) is 6.17 Å². The van der Waals surface area contributed by atoms with E-state index in [0.29, 0.717) is 0 Å². The zero-order chi connectivity index (χ0) is 9.07. The molecule has 0 rings (SSSR count). The van der Waals surface area contributed by atoms with Gasteiger partial charge < -0.3 is 9.84 Å². The lowest BCUT2D eigenvalue weighted by molar-refractivity contribution is -0.158. The monoisotopic (exact) mass is 164 g/mol. The molecule has 1 N–H and O–H groups in total. The van der Waals surface area contributed by atoms with Gasteiger partial charge in [0, 0.05) is 0 Å². The molecular formula is C7H13FO3. The van der Waals surface area contributed by atoms with Crippen molar-refractivity contribution >= 4 is 5.97 Å². The van der Waals surface area contributed by atoms with Crippen molar-refractivity contribution < 1.29 is 19.0 Å². The van der Waals surface area contributed by atoms with Crippen molar-refractivity contribution in [2.24, 2.45) is 0 Å². The van der Waals surface area contributed by atoms with Crippen LogP contribution in [0.5, 0.6) is 0 Å². The molecule has 1 atom stereocenters. The van der Waals surface area contributed by atoms with Crippen LogP contribution in [0, 0.1) is 0 Å². The van der Waals surface area contributed by atoms with E-state index in [0.717, 1.165) is 0 Å². The van der Waals surface area contributed by atoms with Crippen molar-refractivity contribution in [3.05, 3.63) is 0 Å². The Balaban J connectivity index is 4.03. The van der Waals surface area contributed by atoms with E-state index in [1.54, 1.807) is 6.92 Å². The van der Waals surface area contributed by atoms with Gasteiger partial charge in [0.05, 0.1) is 6.61 Å². The summed E-state index contributed by atoms with van der Waals surface area (Å²) >= 11 is 0. The number of hydrogen-bond acceptors (Lipinski definition) is 3. The van der Waals surface area contributed by atoms with Crippen LogP contribution in [0.2, 0.25) is 0 Å². The Morgan fingerprint density at radius 3 is 2.45 bits per heavy atom. The van der Waals surface area contributed by atoms with Crippen LogP contribution in [0.1, 0.15) is 20.8 Å². The Hall–Kier alpha value is -0.640. The molecule has 0 aliphatic heterocycles. The van der Waals surface area contributed by atoms with E-state index in [1.165, 1.54) is 13.8 Å². The minimum absolute atomic E-state index is 0.120. The summed E-state index contributed by atoms with van der Waals surface area (Å²) in [6.07, 6.45) is -1.97. The van der Waals surface area contributed by atoms with Crippen molar-refractivity contribution in [3.63, 3.8) is 0 Å². The fraction of sp³-hybridized carbons (Fsp3) is 0.857. The van der Waals surface area contributed by atoms with E-state index in [2.05, 4.69) is 4.74 Å². The van der Waals surface area contributed by atoms with Crippen molar-refractivity contribution in [1.82, 2.24) is 0 Å². The molecule has 0 spiro atoms. The fourth-order valence-corrected chi connectivity index (χ4v) is 0.504. The molecule has 4 heteroatoms. The van der Waals surface area contributed by atoms with Crippen LogP contribution >= 0.6 is 0 Å². The molecule has 0 aromatic carbocycles. The highest BCUT2D eigenvalue weighted by molar-refractivity contribution is 5.75. The second-order valence-electron chi connectivity index (χ2n) is 2.77. The number of alkyl halides is 1. The summed E-state index contributed by atoms with van der Waals surface area (Å²) in [6.45, 7) is 4.13. The summed E-state index contributed by atoms with van der Waals surface area (Å²) in [5.74, 6) is -1.01. The minimum Gasteiger partial charge on any atom is -0.464 e. The molecule has 0 aromatic rings. The van der Waals surface area contributed by atoms with Crippen LogP contribution < -0.4 is 0 Å². The van der Waals surface area contributed by atoms with Gasteiger partial charge in [0.1, 0.15) is 5.60 Å². The molecule has 0 radical (unpaired) electrons. The molecule has 0 amide bonds. The van der Waals surface area contributed by atoms with Gasteiger partial charge in [-0.2, -0.15) is 0 Å². The maximum absolute atomic E-state index is 12.8. The number of carbonyl (C=O) groups excluding carboxylic acids is 1. The summed E-state index contributed by atoms with van der Waals surface area (Å²) in [7, 11) is 0. The third-order valence-corrected chi connectivity index (χ3v) is 1.11. The number of esters is 1. The Morgan fingerprint density at radius 2 is 2.18 bits per heavy atom. The van der Waals surface area contributed by atoms with Gasteiger partial charge in [-0.25, -0.2) is 9.18 Å². The van der Waals surface area contributed by atoms with E-state index in [4.69, 9.17) is 5.11 Å². The number of carbonyl (C=O) groups is 1. The molecule has 0 unspecified atom stereocenters.